The van der Waals surface area contributed by atoms with E-state index in [4.69, 9.17) is 11.0 Å². The van der Waals surface area contributed by atoms with Crippen LogP contribution in [0.3, 0.4) is 0 Å². The number of anilines is 1. The average Bonchev–Trinajstić information content (AvgIpc) is 2.28. The van der Waals surface area contributed by atoms with E-state index in [0.29, 0.717) is 5.56 Å². The van der Waals surface area contributed by atoms with Gasteiger partial charge in [0.1, 0.15) is 0 Å². The van der Waals surface area contributed by atoms with E-state index in [0.717, 1.165) is 36.1 Å². The molecule has 1 heterocycles. The van der Waals surface area contributed by atoms with Gasteiger partial charge >= 0.3 is 0 Å². The lowest BCUT2D eigenvalue weighted by atomic mass is 10.1. The third-order valence-electron chi connectivity index (χ3n) is 2.83. The third kappa shape index (κ3) is 2.55. The fraction of sp³-hybridized carbons (Fsp3) is 0.417. The number of piperidine rings is 1. The SMILES string of the molecule is N#Cc1cc(Br)cc(N2CCCC(N)C2)c1. The minimum atomic E-state index is 0.248. The molecular formula is C12H14BrN3. The summed E-state index contributed by atoms with van der Waals surface area (Å²) in [5.74, 6) is 0. The van der Waals surface area contributed by atoms with E-state index in [-0.39, 0.29) is 6.04 Å². The molecule has 1 atom stereocenters. The summed E-state index contributed by atoms with van der Waals surface area (Å²) in [5, 5.41) is 8.92. The molecule has 1 aliphatic rings. The van der Waals surface area contributed by atoms with Crippen LogP contribution in [0.2, 0.25) is 0 Å². The Morgan fingerprint density at radius 2 is 2.25 bits per heavy atom. The zero-order chi connectivity index (χ0) is 11.5. The molecule has 3 nitrogen and oxygen atoms in total. The van der Waals surface area contributed by atoms with Crippen molar-refractivity contribution in [1.29, 1.82) is 5.26 Å². The summed E-state index contributed by atoms with van der Waals surface area (Å²) in [7, 11) is 0. The number of halogens is 1. The molecular weight excluding hydrogens is 266 g/mol. The summed E-state index contributed by atoms with van der Waals surface area (Å²) in [6.07, 6.45) is 2.21. The van der Waals surface area contributed by atoms with Crippen molar-refractivity contribution in [2.24, 2.45) is 5.73 Å². The molecule has 0 saturated carbocycles. The highest BCUT2D eigenvalue weighted by molar-refractivity contribution is 9.10. The topological polar surface area (TPSA) is 53.0 Å². The largest absolute Gasteiger partial charge is 0.370 e. The lowest BCUT2D eigenvalue weighted by molar-refractivity contribution is 0.506. The Kier molecular flexibility index (Phi) is 3.47. The second-order valence-corrected chi connectivity index (χ2v) is 5.07. The zero-order valence-corrected chi connectivity index (χ0v) is 10.6. The first-order valence-electron chi connectivity index (χ1n) is 5.40. The van der Waals surface area contributed by atoms with Gasteiger partial charge in [-0.05, 0) is 31.0 Å². The maximum Gasteiger partial charge on any atom is 0.0992 e. The number of nitriles is 1. The fourth-order valence-electron chi connectivity index (χ4n) is 2.07. The molecule has 2 N–H and O–H groups in total. The molecule has 1 aliphatic heterocycles. The van der Waals surface area contributed by atoms with Gasteiger partial charge in [0.25, 0.3) is 0 Å². The fourth-order valence-corrected chi connectivity index (χ4v) is 2.55. The third-order valence-corrected chi connectivity index (χ3v) is 3.29. The molecule has 0 radical (unpaired) electrons. The average molecular weight is 280 g/mol. The van der Waals surface area contributed by atoms with Crippen LogP contribution in [0.5, 0.6) is 0 Å². The van der Waals surface area contributed by atoms with E-state index in [9.17, 15) is 0 Å². The van der Waals surface area contributed by atoms with E-state index in [1.165, 1.54) is 0 Å². The van der Waals surface area contributed by atoms with E-state index in [2.05, 4.69) is 26.9 Å². The molecule has 1 fully saturated rings. The number of nitrogens with two attached hydrogens (primary N) is 1. The molecule has 1 aromatic carbocycles. The minimum absolute atomic E-state index is 0.248. The van der Waals surface area contributed by atoms with Crippen LogP contribution in [0, 0.1) is 11.3 Å². The summed E-state index contributed by atoms with van der Waals surface area (Å²) in [6.45, 7) is 1.90. The lowest BCUT2D eigenvalue weighted by Gasteiger charge is -2.32. The Balaban J connectivity index is 2.26. The van der Waals surface area contributed by atoms with E-state index in [1.54, 1.807) is 0 Å². The second-order valence-electron chi connectivity index (χ2n) is 4.16. The van der Waals surface area contributed by atoms with Gasteiger partial charge in [-0.1, -0.05) is 15.9 Å². The van der Waals surface area contributed by atoms with Crippen molar-refractivity contribution in [3.63, 3.8) is 0 Å². The predicted octanol–water partition coefficient (Wildman–Crippen LogP) is 2.25. The first kappa shape index (κ1) is 11.4. The highest BCUT2D eigenvalue weighted by Gasteiger charge is 2.17. The lowest BCUT2D eigenvalue weighted by Crippen LogP contribution is -2.42. The van der Waals surface area contributed by atoms with E-state index >= 15 is 0 Å². The Hall–Kier alpha value is -1.05. The van der Waals surface area contributed by atoms with Crippen LogP contribution in [0.1, 0.15) is 18.4 Å². The molecule has 1 aromatic rings. The summed E-state index contributed by atoms with van der Waals surface area (Å²) in [6, 6.07) is 8.21. The molecule has 0 amide bonds. The summed E-state index contributed by atoms with van der Waals surface area (Å²) >= 11 is 3.43. The number of benzene rings is 1. The number of hydrogen-bond donors (Lipinski definition) is 1. The molecule has 0 bridgehead atoms. The van der Waals surface area contributed by atoms with Gasteiger partial charge in [-0.2, -0.15) is 5.26 Å². The molecule has 2 rings (SSSR count). The van der Waals surface area contributed by atoms with Crippen molar-refractivity contribution in [1.82, 2.24) is 0 Å². The van der Waals surface area contributed by atoms with Crippen LogP contribution in [0.15, 0.2) is 22.7 Å². The number of rotatable bonds is 1. The van der Waals surface area contributed by atoms with Crippen molar-refractivity contribution in [3.8, 4) is 6.07 Å². The van der Waals surface area contributed by atoms with Crippen LogP contribution in [-0.4, -0.2) is 19.1 Å². The van der Waals surface area contributed by atoms with Crippen LogP contribution < -0.4 is 10.6 Å². The molecule has 1 unspecified atom stereocenters. The van der Waals surface area contributed by atoms with Gasteiger partial charge in [-0.3, -0.25) is 0 Å². The van der Waals surface area contributed by atoms with Crippen molar-refractivity contribution < 1.29 is 0 Å². The van der Waals surface area contributed by atoms with Gasteiger partial charge < -0.3 is 10.6 Å². The first-order valence-corrected chi connectivity index (χ1v) is 6.19. The molecule has 0 aliphatic carbocycles. The molecule has 0 aromatic heterocycles. The van der Waals surface area contributed by atoms with Crippen molar-refractivity contribution >= 4 is 21.6 Å². The number of hydrogen-bond acceptors (Lipinski definition) is 3. The zero-order valence-electron chi connectivity index (χ0n) is 8.99. The maximum absolute atomic E-state index is 8.92. The Morgan fingerprint density at radius 3 is 2.94 bits per heavy atom. The molecule has 84 valence electrons. The Morgan fingerprint density at radius 1 is 1.44 bits per heavy atom. The van der Waals surface area contributed by atoms with Crippen molar-refractivity contribution in [2.45, 2.75) is 18.9 Å². The van der Waals surface area contributed by atoms with Crippen LogP contribution in [0.25, 0.3) is 0 Å². The first-order chi connectivity index (χ1) is 7.69. The highest BCUT2D eigenvalue weighted by Crippen LogP contribution is 2.25. The molecule has 1 saturated heterocycles. The second kappa shape index (κ2) is 4.86. The van der Waals surface area contributed by atoms with Crippen LogP contribution >= 0.6 is 15.9 Å². The Bertz CT molecular complexity index is 425. The van der Waals surface area contributed by atoms with Gasteiger partial charge in [-0.15, -0.1) is 0 Å². The van der Waals surface area contributed by atoms with Gasteiger partial charge in [0.05, 0.1) is 11.6 Å². The quantitative estimate of drug-likeness (QED) is 0.858. The standard InChI is InChI=1S/C12H14BrN3/c13-10-4-9(7-14)5-12(6-10)16-3-1-2-11(15)8-16/h4-6,11H,1-3,8,15H2. The summed E-state index contributed by atoms with van der Waals surface area (Å²) in [5.41, 5.74) is 7.72. The van der Waals surface area contributed by atoms with Crippen LogP contribution in [-0.2, 0) is 0 Å². The summed E-state index contributed by atoms with van der Waals surface area (Å²) in [4.78, 5) is 2.25. The number of nitrogens with zero attached hydrogens (tertiary/aromatic N) is 2. The normalized spacial score (nSPS) is 20.6. The summed E-state index contributed by atoms with van der Waals surface area (Å²) < 4.78 is 0.945. The predicted molar refractivity (Wildman–Crippen MR) is 68.3 cm³/mol. The van der Waals surface area contributed by atoms with Crippen molar-refractivity contribution in [3.05, 3.63) is 28.2 Å². The van der Waals surface area contributed by atoms with Gasteiger partial charge in [0.2, 0.25) is 0 Å². The Labute approximate surface area is 104 Å². The van der Waals surface area contributed by atoms with Crippen LogP contribution in [0.4, 0.5) is 5.69 Å². The molecule has 0 spiro atoms. The van der Waals surface area contributed by atoms with Gasteiger partial charge in [0, 0.05) is 29.3 Å². The van der Waals surface area contributed by atoms with E-state index in [1.807, 2.05) is 18.2 Å². The van der Waals surface area contributed by atoms with Crippen molar-refractivity contribution in [2.75, 3.05) is 18.0 Å². The smallest absolute Gasteiger partial charge is 0.0992 e. The molecule has 16 heavy (non-hydrogen) atoms. The van der Waals surface area contributed by atoms with Gasteiger partial charge in [-0.25, -0.2) is 0 Å². The minimum Gasteiger partial charge on any atom is -0.370 e. The molecule has 4 heteroatoms. The monoisotopic (exact) mass is 279 g/mol. The maximum atomic E-state index is 8.92. The highest BCUT2D eigenvalue weighted by atomic mass is 79.9. The van der Waals surface area contributed by atoms with E-state index < -0.39 is 0 Å². The van der Waals surface area contributed by atoms with Gasteiger partial charge in [0.15, 0.2) is 0 Å².